The van der Waals surface area contributed by atoms with Crippen LogP contribution in [-0.4, -0.2) is 34.4 Å². The molecule has 0 aliphatic carbocycles. The van der Waals surface area contributed by atoms with Crippen molar-refractivity contribution in [1.29, 1.82) is 0 Å². The summed E-state index contributed by atoms with van der Waals surface area (Å²) in [5, 5.41) is 18.7. The zero-order chi connectivity index (χ0) is 12.1. The van der Waals surface area contributed by atoms with E-state index in [1.807, 2.05) is 30.9 Å². The number of rotatable bonds is 5. The van der Waals surface area contributed by atoms with Crippen LogP contribution in [0.4, 0.5) is 5.82 Å². The summed E-state index contributed by atoms with van der Waals surface area (Å²) in [5.74, 6) is 0.751. The topological polar surface area (TPSA) is 56.6 Å². The van der Waals surface area contributed by atoms with Gasteiger partial charge in [-0.05, 0) is 26.8 Å². The van der Waals surface area contributed by atoms with Crippen molar-refractivity contribution in [3.63, 3.8) is 0 Å². The molecule has 0 saturated heterocycles. The van der Waals surface area contributed by atoms with Gasteiger partial charge in [-0.1, -0.05) is 6.07 Å². The zero-order valence-corrected chi connectivity index (χ0v) is 10.1. The number of aromatic nitrogens is 1. The van der Waals surface area contributed by atoms with Crippen molar-refractivity contribution in [1.82, 2.24) is 4.98 Å². The summed E-state index contributed by atoms with van der Waals surface area (Å²) < 4.78 is 0. The van der Waals surface area contributed by atoms with E-state index in [0.29, 0.717) is 6.54 Å². The molecule has 1 atom stereocenters. The summed E-state index contributed by atoms with van der Waals surface area (Å²) in [7, 11) is 0. The van der Waals surface area contributed by atoms with Crippen LogP contribution < -0.4 is 4.90 Å². The molecule has 0 amide bonds. The predicted molar refractivity (Wildman–Crippen MR) is 64.4 cm³/mol. The standard InChI is InChI=1S/C12H20N2O2/c1-9(2)14(7-8-15)12-11(10(3)16)5-4-6-13-12/h4-6,9-10,15-16H,7-8H2,1-3H3. The second kappa shape index (κ2) is 5.82. The minimum absolute atomic E-state index is 0.0774. The molecule has 1 heterocycles. The Balaban J connectivity index is 3.07. The van der Waals surface area contributed by atoms with Gasteiger partial charge in [-0.3, -0.25) is 0 Å². The monoisotopic (exact) mass is 224 g/mol. The van der Waals surface area contributed by atoms with Gasteiger partial charge in [0.05, 0.1) is 12.7 Å². The fourth-order valence-electron chi connectivity index (χ4n) is 1.69. The largest absolute Gasteiger partial charge is 0.395 e. The highest BCUT2D eigenvalue weighted by atomic mass is 16.3. The third-order valence-corrected chi connectivity index (χ3v) is 2.50. The molecule has 0 aromatic carbocycles. The number of hydrogen-bond acceptors (Lipinski definition) is 4. The van der Waals surface area contributed by atoms with Crippen molar-refractivity contribution >= 4 is 5.82 Å². The zero-order valence-electron chi connectivity index (χ0n) is 10.1. The highest BCUT2D eigenvalue weighted by molar-refractivity contribution is 5.48. The lowest BCUT2D eigenvalue weighted by Gasteiger charge is -2.29. The number of aliphatic hydroxyl groups excluding tert-OH is 2. The normalized spacial score (nSPS) is 12.9. The SMILES string of the molecule is CC(O)c1cccnc1N(CCO)C(C)C. The van der Waals surface area contributed by atoms with Crippen LogP contribution >= 0.6 is 0 Å². The summed E-state index contributed by atoms with van der Waals surface area (Å²) >= 11 is 0. The minimum Gasteiger partial charge on any atom is -0.395 e. The van der Waals surface area contributed by atoms with Crippen molar-refractivity contribution in [3.05, 3.63) is 23.9 Å². The lowest BCUT2D eigenvalue weighted by molar-refractivity contribution is 0.199. The molecule has 0 aliphatic heterocycles. The van der Waals surface area contributed by atoms with Crippen molar-refractivity contribution < 1.29 is 10.2 Å². The fourth-order valence-corrected chi connectivity index (χ4v) is 1.69. The lowest BCUT2D eigenvalue weighted by atomic mass is 10.1. The maximum absolute atomic E-state index is 9.67. The third kappa shape index (κ3) is 2.93. The Morgan fingerprint density at radius 3 is 2.56 bits per heavy atom. The smallest absolute Gasteiger partial charge is 0.134 e. The molecule has 1 aromatic heterocycles. The van der Waals surface area contributed by atoms with Gasteiger partial charge in [0.25, 0.3) is 0 Å². The van der Waals surface area contributed by atoms with Crippen molar-refractivity contribution in [2.24, 2.45) is 0 Å². The van der Waals surface area contributed by atoms with Crippen LogP contribution in [0.1, 0.15) is 32.4 Å². The Kier molecular flexibility index (Phi) is 4.71. The molecule has 0 bridgehead atoms. The molecule has 90 valence electrons. The van der Waals surface area contributed by atoms with Crippen molar-refractivity contribution in [3.8, 4) is 0 Å². The van der Waals surface area contributed by atoms with Gasteiger partial charge < -0.3 is 15.1 Å². The summed E-state index contributed by atoms with van der Waals surface area (Å²) in [4.78, 5) is 6.28. The Bertz CT molecular complexity index is 327. The van der Waals surface area contributed by atoms with E-state index in [2.05, 4.69) is 4.98 Å². The van der Waals surface area contributed by atoms with Gasteiger partial charge in [-0.25, -0.2) is 4.98 Å². The first-order valence-corrected chi connectivity index (χ1v) is 5.58. The minimum atomic E-state index is -0.552. The molecule has 0 spiro atoms. The van der Waals surface area contributed by atoms with E-state index in [9.17, 15) is 5.11 Å². The third-order valence-electron chi connectivity index (χ3n) is 2.50. The van der Waals surface area contributed by atoms with Crippen LogP contribution in [0.15, 0.2) is 18.3 Å². The highest BCUT2D eigenvalue weighted by Crippen LogP contribution is 2.24. The summed E-state index contributed by atoms with van der Waals surface area (Å²) in [6, 6.07) is 3.91. The van der Waals surface area contributed by atoms with Crippen LogP contribution in [-0.2, 0) is 0 Å². The Labute approximate surface area is 96.6 Å². The first-order valence-electron chi connectivity index (χ1n) is 5.58. The van der Waals surface area contributed by atoms with Gasteiger partial charge >= 0.3 is 0 Å². The first-order chi connectivity index (χ1) is 7.57. The van der Waals surface area contributed by atoms with E-state index in [4.69, 9.17) is 5.11 Å². The van der Waals surface area contributed by atoms with Crippen molar-refractivity contribution in [2.45, 2.75) is 32.9 Å². The molecule has 0 aliphatic rings. The van der Waals surface area contributed by atoms with Crippen LogP contribution in [0.2, 0.25) is 0 Å². The molecule has 1 aromatic rings. The van der Waals surface area contributed by atoms with E-state index in [1.54, 1.807) is 13.1 Å². The van der Waals surface area contributed by atoms with Gasteiger partial charge in [0.2, 0.25) is 0 Å². The number of aliphatic hydroxyl groups is 2. The molecule has 2 N–H and O–H groups in total. The Morgan fingerprint density at radius 2 is 2.06 bits per heavy atom. The number of anilines is 1. The quantitative estimate of drug-likeness (QED) is 0.792. The number of hydrogen-bond donors (Lipinski definition) is 2. The molecule has 0 radical (unpaired) electrons. The van der Waals surface area contributed by atoms with E-state index in [0.717, 1.165) is 11.4 Å². The molecule has 0 fully saturated rings. The maximum atomic E-state index is 9.67. The second-order valence-corrected chi connectivity index (χ2v) is 4.10. The first kappa shape index (κ1) is 12.9. The van der Waals surface area contributed by atoms with Crippen LogP contribution in [0, 0.1) is 0 Å². The van der Waals surface area contributed by atoms with Gasteiger partial charge in [-0.15, -0.1) is 0 Å². The van der Waals surface area contributed by atoms with E-state index < -0.39 is 6.10 Å². The number of pyridine rings is 1. The molecular weight excluding hydrogens is 204 g/mol. The Morgan fingerprint density at radius 1 is 1.38 bits per heavy atom. The molecule has 16 heavy (non-hydrogen) atoms. The molecule has 0 saturated carbocycles. The number of nitrogens with zero attached hydrogens (tertiary/aromatic N) is 2. The molecule has 4 nitrogen and oxygen atoms in total. The molecule has 4 heteroatoms. The fraction of sp³-hybridized carbons (Fsp3) is 0.583. The highest BCUT2D eigenvalue weighted by Gasteiger charge is 2.17. The van der Waals surface area contributed by atoms with Gasteiger partial charge in [0, 0.05) is 24.3 Å². The molecule has 1 rings (SSSR count). The van der Waals surface area contributed by atoms with Gasteiger partial charge in [-0.2, -0.15) is 0 Å². The average Bonchev–Trinajstić information content (AvgIpc) is 2.25. The van der Waals surface area contributed by atoms with Crippen LogP contribution in [0.25, 0.3) is 0 Å². The van der Waals surface area contributed by atoms with Gasteiger partial charge in [0.1, 0.15) is 5.82 Å². The average molecular weight is 224 g/mol. The predicted octanol–water partition coefficient (Wildman–Crippen LogP) is 1.34. The van der Waals surface area contributed by atoms with Crippen LogP contribution in [0.5, 0.6) is 0 Å². The second-order valence-electron chi connectivity index (χ2n) is 4.10. The molecule has 1 unspecified atom stereocenters. The Hall–Kier alpha value is -1.13. The summed E-state index contributed by atoms with van der Waals surface area (Å²) in [5.41, 5.74) is 0.796. The lowest BCUT2D eigenvalue weighted by Crippen LogP contribution is -2.35. The van der Waals surface area contributed by atoms with Gasteiger partial charge in [0.15, 0.2) is 0 Å². The van der Waals surface area contributed by atoms with E-state index >= 15 is 0 Å². The van der Waals surface area contributed by atoms with Crippen molar-refractivity contribution in [2.75, 3.05) is 18.1 Å². The maximum Gasteiger partial charge on any atom is 0.134 e. The summed E-state index contributed by atoms with van der Waals surface area (Å²) in [6.07, 6.45) is 1.15. The summed E-state index contributed by atoms with van der Waals surface area (Å²) in [6.45, 7) is 6.40. The van der Waals surface area contributed by atoms with E-state index in [-0.39, 0.29) is 12.6 Å². The van der Waals surface area contributed by atoms with E-state index in [1.165, 1.54) is 0 Å². The molecular formula is C12H20N2O2. The van der Waals surface area contributed by atoms with Crippen LogP contribution in [0.3, 0.4) is 0 Å².